The average Bonchev–Trinajstić information content (AvgIpc) is 1.65. The van der Waals surface area contributed by atoms with Crippen molar-refractivity contribution in [3.05, 3.63) is 333 Å². The zero-order valence-corrected chi connectivity index (χ0v) is 90.5. The number of ketones is 3. The van der Waals surface area contributed by atoms with Gasteiger partial charge in [-0.05, 0) is 291 Å². The highest BCUT2D eigenvalue weighted by molar-refractivity contribution is 5.99. The first-order valence-corrected chi connectivity index (χ1v) is 51.2. The summed E-state index contributed by atoms with van der Waals surface area (Å²) in [7, 11) is 0. The summed E-state index contributed by atoms with van der Waals surface area (Å²) in [4.78, 5) is 135. The van der Waals surface area contributed by atoms with E-state index in [9.17, 15) is 62.3 Å². The first kappa shape index (κ1) is 128. The molecule has 0 N–H and O–H groups in total. The second kappa shape index (κ2) is 74.3. The number of aldehydes is 10. The lowest BCUT2D eigenvalue weighted by atomic mass is 9.73. The molecule has 18 heteroatoms. The number of ether oxygens (including phenoxy) is 4. The Morgan fingerprint density at radius 1 is 0.479 bits per heavy atom. The maximum absolute atomic E-state index is 11.5. The molecule has 2 aliphatic heterocycles. The smallest absolute Gasteiger partial charge is 0.231 e. The molecule has 0 spiro atoms. The van der Waals surface area contributed by atoms with E-state index < -0.39 is 0 Å². The van der Waals surface area contributed by atoms with Gasteiger partial charge in [0.15, 0.2) is 46.6 Å². The molecule has 0 saturated heterocycles. The van der Waals surface area contributed by atoms with E-state index in [1.165, 1.54) is 102 Å². The zero-order chi connectivity index (χ0) is 109. The van der Waals surface area contributed by atoms with Crippen LogP contribution in [0.3, 0.4) is 0 Å². The molecule has 6 aliphatic rings. The van der Waals surface area contributed by atoms with Crippen molar-refractivity contribution < 1.29 is 85.7 Å². The van der Waals surface area contributed by atoms with Crippen molar-refractivity contribution in [2.75, 3.05) is 13.6 Å². The molecule has 3 heterocycles. The number of benzene rings is 7. The number of unbranched alkanes of at least 4 members (excludes halogenated alkanes) is 8. The number of Topliss-reactive ketones (excluding diaryl/α,β-unsaturated/α-hetero) is 3. The van der Waals surface area contributed by atoms with Crippen molar-refractivity contribution in [3.8, 4) is 23.0 Å². The van der Waals surface area contributed by atoms with E-state index in [1.54, 1.807) is 76.3 Å². The fraction of sp³-hybridized carbons (Fsp3) is 0.398. The van der Waals surface area contributed by atoms with E-state index in [0.29, 0.717) is 76.5 Å². The molecular formula is C128H164O18. The Hall–Kier alpha value is -13.6. The van der Waals surface area contributed by atoms with Crippen molar-refractivity contribution >= 4 is 103 Å². The lowest BCUT2D eigenvalue weighted by Crippen LogP contribution is -2.22. The van der Waals surface area contributed by atoms with E-state index in [4.69, 9.17) is 18.9 Å². The van der Waals surface area contributed by atoms with E-state index in [2.05, 4.69) is 130 Å². The Kier molecular flexibility index (Phi) is 65.4. The van der Waals surface area contributed by atoms with Crippen LogP contribution in [0.25, 0.3) is 22.9 Å². The van der Waals surface area contributed by atoms with Gasteiger partial charge in [-0.1, -0.05) is 312 Å². The number of furan rings is 1. The summed E-state index contributed by atoms with van der Waals surface area (Å²) < 4.78 is 25.1. The molecular weight excluding hydrogens is 1830 g/mol. The average molecular weight is 1990 g/mol. The first-order valence-electron chi connectivity index (χ1n) is 51.2. The molecule has 0 fully saturated rings. The van der Waals surface area contributed by atoms with E-state index in [0.717, 1.165) is 202 Å². The lowest BCUT2D eigenvalue weighted by molar-refractivity contribution is -0.117. The SMILES string of the molecule is C/C(C=O)=C\c1ccc(C)cc1.C/C(C=O)=C\c1ccc2c(c1)OCO2.C=C(CC(C)C=O)C1CC=C(C)C1(C)C.C=CCCC(C)=O.CC(=O)c1ccc2ccccc2c1.CC/C(C=O)=C\CC1CC=C(C)C1(C)C.CC1=CC[C@H](CC=O)C1(C)C.CCCCC/C=C/C=C/C=O.CCCCCCCC=O.Cc1ccc(C=O)cc1.O=C1CCCCc2ccccc21.O=Cc1ccc2c(c1)OCO2.O=Cc1ccco1. The van der Waals surface area contributed by atoms with Crippen LogP contribution >= 0.6 is 0 Å². The minimum absolute atomic E-state index is 0.106. The molecule has 3 unspecified atom stereocenters. The van der Waals surface area contributed by atoms with Gasteiger partial charge in [0.1, 0.15) is 62.4 Å². The number of carbonyl (C=O) groups is 13. The van der Waals surface area contributed by atoms with Crippen LogP contribution in [0.15, 0.2) is 281 Å². The van der Waals surface area contributed by atoms with Gasteiger partial charge in [0.2, 0.25) is 13.6 Å². The fourth-order valence-corrected chi connectivity index (χ4v) is 15.6. The molecule has 14 rings (SSSR count). The number of rotatable bonds is 33. The molecule has 4 aliphatic carbocycles. The summed E-state index contributed by atoms with van der Waals surface area (Å²) >= 11 is 0. The third-order valence-corrected chi connectivity index (χ3v) is 26.1. The van der Waals surface area contributed by atoms with Gasteiger partial charge in [0.05, 0.1) is 6.26 Å². The van der Waals surface area contributed by atoms with Crippen LogP contribution in [0.1, 0.15) is 339 Å². The monoisotopic (exact) mass is 1990 g/mol. The summed E-state index contributed by atoms with van der Waals surface area (Å²) in [6, 6.07) is 51.2. The van der Waals surface area contributed by atoms with Gasteiger partial charge in [-0.2, -0.15) is 0 Å². The number of fused-ring (bicyclic) bond motifs is 4. The number of allylic oxidation sites excluding steroid dienone is 16. The van der Waals surface area contributed by atoms with Gasteiger partial charge in [-0.25, -0.2) is 0 Å². The number of aryl methyl sites for hydroxylation is 3. The largest absolute Gasteiger partial charge is 0.462 e. The molecule has 8 aromatic rings. The highest BCUT2D eigenvalue weighted by Gasteiger charge is 2.37. The summed E-state index contributed by atoms with van der Waals surface area (Å²) in [6.45, 7) is 47.5. The molecule has 18 nitrogen and oxygen atoms in total. The molecule has 0 bridgehead atoms. The van der Waals surface area contributed by atoms with E-state index >= 15 is 0 Å². The van der Waals surface area contributed by atoms with Gasteiger partial charge < -0.3 is 42.5 Å². The summed E-state index contributed by atoms with van der Waals surface area (Å²) in [6.07, 6.45) is 56.1. The number of hydrogen-bond donors (Lipinski definition) is 0. The Morgan fingerprint density at radius 2 is 0.993 bits per heavy atom. The maximum atomic E-state index is 11.5. The first-order chi connectivity index (χ1) is 69.9. The van der Waals surface area contributed by atoms with Crippen molar-refractivity contribution in [1.29, 1.82) is 0 Å². The van der Waals surface area contributed by atoms with Crippen LogP contribution in [0.4, 0.5) is 0 Å². The molecule has 1 aromatic heterocycles. The molecule has 0 radical (unpaired) electrons. The van der Waals surface area contributed by atoms with Crippen molar-refractivity contribution in [1.82, 2.24) is 0 Å². The topological polar surface area (TPSA) is 272 Å². The maximum Gasteiger partial charge on any atom is 0.231 e. The summed E-state index contributed by atoms with van der Waals surface area (Å²) in [5, 5.41) is 2.29. The highest BCUT2D eigenvalue weighted by Crippen LogP contribution is 2.48. The van der Waals surface area contributed by atoms with Gasteiger partial charge in [-0.15, -0.1) is 6.58 Å². The minimum atomic E-state index is 0.106. The van der Waals surface area contributed by atoms with Crippen molar-refractivity contribution in [2.45, 2.75) is 279 Å². The number of carbonyl (C=O) groups excluding carboxylic acids is 13. The van der Waals surface area contributed by atoms with Gasteiger partial charge in [-0.3, -0.25) is 43.2 Å². The summed E-state index contributed by atoms with van der Waals surface area (Å²) in [5.41, 5.74) is 17.5. The quantitative estimate of drug-likeness (QED) is 0.00703. The van der Waals surface area contributed by atoms with Crippen molar-refractivity contribution in [2.24, 2.45) is 39.9 Å². The van der Waals surface area contributed by atoms with Gasteiger partial charge in [0, 0.05) is 53.9 Å². The van der Waals surface area contributed by atoms with Crippen LogP contribution in [0, 0.1) is 53.8 Å². The second-order valence-electron chi connectivity index (χ2n) is 38.5. The van der Waals surface area contributed by atoms with E-state index in [1.807, 2.05) is 167 Å². The van der Waals surface area contributed by atoms with Crippen LogP contribution < -0.4 is 18.9 Å². The predicted octanol–water partition coefficient (Wildman–Crippen LogP) is 31.6. The zero-order valence-electron chi connectivity index (χ0n) is 90.5. The molecule has 4 atom stereocenters. The van der Waals surface area contributed by atoms with Crippen LogP contribution in [0.5, 0.6) is 23.0 Å². The minimum Gasteiger partial charge on any atom is -0.462 e. The molecule has 7 aromatic carbocycles. The van der Waals surface area contributed by atoms with Crippen LogP contribution in [0.2, 0.25) is 0 Å². The number of hydrogen-bond acceptors (Lipinski definition) is 18. The standard InChI is InChI=1S/2C14H22O.C12H10O.C11H10O3.2C11H12O.2C10H16O.C8H6O3.C8H8O.C8H16O.C6H10O.C5H4O2/c1-10(9-15)8-11(2)13-7-6-12(3)14(13,4)5;1-5-12(10-15)7-9-13-8-6-11(2)14(13,3)4;1-9(13)11-7-6-10-4-2-3-5-12(10)8-11;1-8(6-12)4-9-2-3-10-11(5-9)14-7-13-10;12-11-8-4-2-6-9-5-1-3-7-10(9)11;1-9-3-5-11(6-4-9)7-10(2)8-12;1-8-4-5-9(6-7-11)10(8,2)3;1-2-3-4-5-6-7-8-9-10-11;9-4-6-1-2-7-8(3-6)11-5-10-7;1-7-2-4-8(6-9)5-3-7;1-2-3-4-5-6-7-8-9;1-3-4-5-6(2)7;6-4-5-2-1-3-7-5/h6,9-10,13H,2,7-8H2,1,3-5H3;6-7,10,13H,5,8-9H2,1-4H3;2-8H,1H3;2-6H,7H2,1H3;1,3,5,7H,2,4,6,8H2;3-8H,1-2H3;4,7,9H,5-6H2,1-3H3;6-10H,2-5H2,1H3;1-4H,5H2;2-6H,1H3;8H,2-7H2,1H3;3H,1,4-5H2,2H3;1-4H/b;12-7+;;8-4+;;10-7+;;7-6+,9-8+;;;;;/t;;;;;;9-;;;;;;/m......1....../s1. The lowest BCUT2D eigenvalue weighted by Gasteiger charge is -2.31. The summed E-state index contributed by atoms with van der Waals surface area (Å²) in [5.74, 6) is 5.72. The normalized spacial score (nSPS) is 15.7. The van der Waals surface area contributed by atoms with E-state index in [-0.39, 0.29) is 41.9 Å². The van der Waals surface area contributed by atoms with Crippen LogP contribution in [-0.4, -0.2) is 93.8 Å². The van der Waals surface area contributed by atoms with Gasteiger partial charge >= 0.3 is 0 Å². The highest BCUT2D eigenvalue weighted by atomic mass is 16.7. The Bertz CT molecular complexity index is 5590. The van der Waals surface area contributed by atoms with Gasteiger partial charge in [0.25, 0.3) is 0 Å². The second-order valence-corrected chi connectivity index (χ2v) is 38.5. The third-order valence-electron chi connectivity index (χ3n) is 26.1. The molecule has 0 amide bonds. The molecule has 0 saturated carbocycles. The van der Waals surface area contributed by atoms with Crippen LogP contribution in [-0.2, 0) is 44.8 Å². The Morgan fingerprint density at radius 3 is 1.47 bits per heavy atom. The molecule has 784 valence electrons. The molecule has 146 heavy (non-hydrogen) atoms. The van der Waals surface area contributed by atoms with Crippen molar-refractivity contribution in [3.63, 3.8) is 0 Å². The Balaban J connectivity index is 0.000000537. The fourth-order valence-electron chi connectivity index (χ4n) is 15.6. The predicted molar refractivity (Wildman–Crippen MR) is 598 cm³/mol. The Labute approximate surface area is 872 Å². The third kappa shape index (κ3) is 51.2.